The maximum atomic E-state index is 12.6. The van der Waals surface area contributed by atoms with Gasteiger partial charge in [0.05, 0.1) is 19.4 Å². The highest BCUT2D eigenvalue weighted by molar-refractivity contribution is 5.96. The maximum absolute atomic E-state index is 12.6. The lowest BCUT2D eigenvalue weighted by atomic mass is 10.0. The zero-order valence-electron chi connectivity index (χ0n) is 17.2. The van der Waals surface area contributed by atoms with Gasteiger partial charge in [-0.05, 0) is 12.3 Å². The van der Waals surface area contributed by atoms with Crippen molar-refractivity contribution < 1.29 is 44.1 Å². The number of nitrogens with two attached hydrogens (primary N) is 2. The third-order valence-electron chi connectivity index (χ3n) is 3.91. The maximum Gasteiger partial charge on any atom is 0.326 e. The second-order valence-electron chi connectivity index (χ2n) is 7.21. The Bertz CT molecular complexity index is 697. The van der Waals surface area contributed by atoms with Crippen molar-refractivity contribution in [2.24, 2.45) is 17.4 Å². The Balaban J connectivity index is 5.51. The first kappa shape index (κ1) is 27.7. The van der Waals surface area contributed by atoms with Crippen LogP contribution in [-0.4, -0.2) is 81.7 Å². The van der Waals surface area contributed by atoms with Crippen LogP contribution >= 0.6 is 0 Å². The molecular formula is C17H29N5O9. The predicted molar refractivity (Wildman–Crippen MR) is 104 cm³/mol. The Morgan fingerprint density at radius 3 is 1.71 bits per heavy atom. The van der Waals surface area contributed by atoms with Crippen molar-refractivity contribution in [3.8, 4) is 0 Å². The van der Waals surface area contributed by atoms with E-state index in [1.165, 1.54) is 0 Å². The molecule has 0 spiro atoms. The summed E-state index contributed by atoms with van der Waals surface area (Å²) in [5, 5.41) is 33.2. The minimum Gasteiger partial charge on any atom is -0.481 e. The zero-order valence-corrected chi connectivity index (χ0v) is 17.2. The highest BCUT2D eigenvalue weighted by Crippen LogP contribution is 2.07. The van der Waals surface area contributed by atoms with Crippen LogP contribution in [0.15, 0.2) is 0 Å². The van der Waals surface area contributed by atoms with E-state index < -0.39 is 79.2 Å². The third kappa shape index (κ3) is 10.9. The number of carbonyl (C=O) groups is 6. The summed E-state index contributed by atoms with van der Waals surface area (Å²) < 4.78 is 0. The van der Waals surface area contributed by atoms with Gasteiger partial charge in [-0.25, -0.2) is 4.79 Å². The van der Waals surface area contributed by atoms with Crippen LogP contribution in [0.2, 0.25) is 0 Å². The molecule has 0 aliphatic carbocycles. The third-order valence-corrected chi connectivity index (χ3v) is 3.91. The number of amides is 4. The Morgan fingerprint density at radius 1 is 0.806 bits per heavy atom. The number of nitrogens with one attached hydrogen (secondary N) is 3. The molecule has 0 aromatic carbocycles. The fraction of sp³-hybridized carbons (Fsp3) is 0.647. The number of rotatable bonds is 14. The highest BCUT2D eigenvalue weighted by Gasteiger charge is 2.32. The molecule has 14 heteroatoms. The molecule has 0 aromatic heterocycles. The fourth-order valence-electron chi connectivity index (χ4n) is 2.39. The van der Waals surface area contributed by atoms with Crippen molar-refractivity contribution in [2.75, 3.05) is 6.61 Å². The summed E-state index contributed by atoms with van der Waals surface area (Å²) in [6.07, 6.45) is -1.55. The molecule has 0 rings (SSSR count). The average Bonchev–Trinajstić information content (AvgIpc) is 2.64. The molecule has 0 aromatic rings. The number of aliphatic carboxylic acids is 2. The minimum absolute atomic E-state index is 0.100. The normalized spacial score (nSPS) is 14.6. The summed E-state index contributed by atoms with van der Waals surface area (Å²) in [5.41, 5.74) is 10.5. The van der Waals surface area contributed by atoms with Gasteiger partial charge in [0.15, 0.2) is 0 Å². The van der Waals surface area contributed by atoms with Gasteiger partial charge in [-0.2, -0.15) is 0 Å². The first-order chi connectivity index (χ1) is 14.3. The molecule has 0 radical (unpaired) electrons. The molecule has 4 unspecified atom stereocenters. The lowest BCUT2D eigenvalue weighted by Crippen LogP contribution is -2.58. The molecule has 176 valence electrons. The van der Waals surface area contributed by atoms with Crippen LogP contribution in [0, 0.1) is 5.92 Å². The summed E-state index contributed by atoms with van der Waals surface area (Å²) in [4.78, 5) is 70.2. The number of carbonyl (C=O) groups excluding carboxylic acids is 4. The van der Waals surface area contributed by atoms with Crippen LogP contribution in [0.25, 0.3) is 0 Å². The van der Waals surface area contributed by atoms with Crippen LogP contribution in [0.4, 0.5) is 0 Å². The van der Waals surface area contributed by atoms with E-state index in [-0.39, 0.29) is 12.3 Å². The van der Waals surface area contributed by atoms with Crippen molar-refractivity contribution in [3.05, 3.63) is 0 Å². The molecule has 4 amide bonds. The second kappa shape index (κ2) is 13.1. The van der Waals surface area contributed by atoms with E-state index in [2.05, 4.69) is 10.6 Å². The summed E-state index contributed by atoms with van der Waals surface area (Å²) in [5.74, 6) is -7.10. The van der Waals surface area contributed by atoms with E-state index in [0.29, 0.717) is 0 Å². The number of hydrogen-bond acceptors (Lipinski definition) is 8. The molecule has 0 aliphatic rings. The number of primary amides is 1. The monoisotopic (exact) mass is 447 g/mol. The Hall–Kier alpha value is -3.26. The number of aliphatic hydroxyl groups excluding tert-OH is 1. The molecule has 14 nitrogen and oxygen atoms in total. The second-order valence-corrected chi connectivity index (χ2v) is 7.21. The van der Waals surface area contributed by atoms with Crippen LogP contribution in [-0.2, 0) is 28.8 Å². The lowest BCUT2D eigenvalue weighted by Gasteiger charge is -2.25. The first-order valence-electron chi connectivity index (χ1n) is 9.28. The van der Waals surface area contributed by atoms with Crippen molar-refractivity contribution >= 4 is 35.6 Å². The summed E-state index contributed by atoms with van der Waals surface area (Å²) >= 11 is 0. The standard InChI is InChI=1S/C17H29N5O9/c1-7(2)3-9(20-14(27)8(18)6-23)15(28)21-10(4-12(19)24)16(29)22-11(17(30)31)5-13(25)26/h7-11,23H,3-6,18H2,1-2H3,(H2,19,24)(H,20,27)(H,21,28)(H,22,29)(H,25,26)(H,30,31). The van der Waals surface area contributed by atoms with Gasteiger partial charge in [0, 0.05) is 0 Å². The van der Waals surface area contributed by atoms with Gasteiger partial charge in [-0.3, -0.25) is 24.0 Å². The van der Waals surface area contributed by atoms with Crippen LogP contribution in [0.3, 0.4) is 0 Å². The molecule has 31 heavy (non-hydrogen) atoms. The van der Waals surface area contributed by atoms with Crippen molar-refractivity contribution in [1.82, 2.24) is 16.0 Å². The fourth-order valence-corrected chi connectivity index (χ4v) is 2.39. The molecular weight excluding hydrogens is 418 g/mol. The summed E-state index contributed by atoms with van der Waals surface area (Å²) in [6, 6.07) is -5.92. The number of aliphatic hydroxyl groups is 1. The summed E-state index contributed by atoms with van der Waals surface area (Å²) in [7, 11) is 0. The smallest absolute Gasteiger partial charge is 0.326 e. The van der Waals surface area contributed by atoms with Crippen LogP contribution in [0.5, 0.6) is 0 Å². The van der Waals surface area contributed by atoms with Gasteiger partial charge in [-0.1, -0.05) is 13.8 Å². The first-order valence-corrected chi connectivity index (χ1v) is 9.28. The quantitative estimate of drug-likeness (QED) is 0.129. The largest absolute Gasteiger partial charge is 0.481 e. The van der Waals surface area contributed by atoms with E-state index >= 15 is 0 Å². The van der Waals surface area contributed by atoms with Gasteiger partial charge in [-0.15, -0.1) is 0 Å². The average molecular weight is 447 g/mol. The molecule has 4 atom stereocenters. The Labute approximate surface area is 177 Å². The number of carboxylic acids is 2. The summed E-state index contributed by atoms with van der Waals surface area (Å²) in [6.45, 7) is 2.82. The Morgan fingerprint density at radius 2 is 1.29 bits per heavy atom. The van der Waals surface area contributed by atoms with Crippen molar-refractivity contribution in [3.63, 3.8) is 0 Å². The highest BCUT2D eigenvalue weighted by atomic mass is 16.4. The molecule has 0 fully saturated rings. The molecule has 0 heterocycles. The minimum atomic E-state index is -1.81. The van der Waals surface area contributed by atoms with E-state index in [1.807, 2.05) is 5.32 Å². The Kier molecular flexibility index (Phi) is 11.7. The molecule has 10 N–H and O–H groups in total. The van der Waals surface area contributed by atoms with Gasteiger partial charge in [0.25, 0.3) is 0 Å². The number of hydrogen-bond donors (Lipinski definition) is 8. The van der Waals surface area contributed by atoms with Crippen molar-refractivity contribution in [2.45, 2.75) is 57.3 Å². The van der Waals surface area contributed by atoms with Crippen LogP contribution < -0.4 is 27.4 Å². The van der Waals surface area contributed by atoms with Crippen molar-refractivity contribution in [1.29, 1.82) is 0 Å². The van der Waals surface area contributed by atoms with E-state index in [0.717, 1.165) is 0 Å². The van der Waals surface area contributed by atoms with Gasteiger partial charge in [0.2, 0.25) is 23.6 Å². The van der Waals surface area contributed by atoms with Crippen LogP contribution in [0.1, 0.15) is 33.1 Å². The SMILES string of the molecule is CC(C)CC(NC(=O)C(N)CO)C(=O)NC(CC(N)=O)C(=O)NC(CC(=O)O)C(=O)O. The van der Waals surface area contributed by atoms with Gasteiger partial charge >= 0.3 is 11.9 Å². The van der Waals surface area contributed by atoms with E-state index in [4.69, 9.17) is 26.8 Å². The lowest BCUT2D eigenvalue weighted by molar-refractivity contribution is -0.147. The zero-order chi connectivity index (χ0) is 24.3. The molecule has 0 aliphatic heterocycles. The molecule has 0 saturated carbocycles. The van der Waals surface area contributed by atoms with E-state index in [1.54, 1.807) is 13.8 Å². The molecule has 0 bridgehead atoms. The van der Waals surface area contributed by atoms with E-state index in [9.17, 15) is 28.8 Å². The topological polar surface area (TPSA) is 251 Å². The number of carboxylic acid groups (broad SMARTS) is 2. The van der Waals surface area contributed by atoms with Gasteiger partial charge < -0.3 is 42.7 Å². The predicted octanol–water partition coefficient (Wildman–Crippen LogP) is -3.76. The van der Waals surface area contributed by atoms with Gasteiger partial charge in [0.1, 0.15) is 24.2 Å². The molecule has 0 saturated heterocycles.